The minimum Gasteiger partial charge on any atom is -0.345 e. The summed E-state index contributed by atoms with van der Waals surface area (Å²) >= 11 is 0. The van der Waals surface area contributed by atoms with Gasteiger partial charge in [-0.05, 0) is 37.1 Å². The molecule has 0 aliphatic heterocycles. The van der Waals surface area contributed by atoms with Crippen molar-refractivity contribution in [1.29, 1.82) is 0 Å². The van der Waals surface area contributed by atoms with Gasteiger partial charge in [-0.3, -0.25) is 4.11 Å². The average molecular weight is 438 g/mol. The Balaban J connectivity index is 3.01. The van der Waals surface area contributed by atoms with Gasteiger partial charge in [0.1, 0.15) is 0 Å². The lowest BCUT2D eigenvalue weighted by Crippen LogP contribution is -2.74. The summed E-state index contributed by atoms with van der Waals surface area (Å²) in [5.74, 6) is 0. The van der Waals surface area contributed by atoms with Gasteiger partial charge in [0, 0.05) is 15.8 Å². The number of benzene rings is 2. The molecule has 0 aliphatic rings. The molecular formula is C23H34F3NSi2. The molecule has 1 unspecified atom stereocenters. The molecule has 2 rings (SSSR count). The van der Waals surface area contributed by atoms with Crippen LogP contribution in [-0.4, -0.2) is 17.5 Å². The number of aryl methyl sites for hydroxylation is 3. The maximum atomic E-state index is 17.5. The van der Waals surface area contributed by atoms with Crippen LogP contribution < -0.4 is 9.42 Å². The van der Waals surface area contributed by atoms with E-state index in [1.165, 1.54) is 20.8 Å². The van der Waals surface area contributed by atoms with Crippen molar-refractivity contribution in [3.05, 3.63) is 59.2 Å². The Bertz CT molecular complexity index is 847. The summed E-state index contributed by atoms with van der Waals surface area (Å²) < 4.78 is 51.1. The lowest BCUT2D eigenvalue weighted by Gasteiger charge is -2.51. The average Bonchev–Trinajstić information content (AvgIpc) is 2.55. The van der Waals surface area contributed by atoms with Gasteiger partial charge in [0.05, 0.1) is 0 Å². The second kappa shape index (κ2) is 7.62. The molecule has 0 heterocycles. The third-order valence-corrected chi connectivity index (χ3v) is 13.8. The summed E-state index contributed by atoms with van der Waals surface area (Å²) in [5.41, 5.74) is 2.77. The van der Waals surface area contributed by atoms with E-state index in [-0.39, 0.29) is 0 Å². The highest BCUT2D eigenvalue weighted by atomic mass is 28.5. The Kier molecular flexibility index (Phi) is 6.24. The molecule has 0 N–H and O–H groups in total. The number of halogens is 3. The van der Waals surface area contributed by atoms with Crippen molar-refractivity contribution in [2.45, 2.75) is 72.4 Å². The molecule has 0 spiro atoms. The second-order valence-corrected chi connectivity index (χ2v) is 17.4. The van der Waals surface area contributed by atoms with Gasteiger partial charge in [0.15, 0.2) is 0 Å². The summed E-state index contributed by atoms with van der Waals surface area (Å²) in [6, 6.07) is 12.4. The summed E-state index contributed by atoms with van der Waals surface area (Å²) in [4.78, 5) is 0. The molecule has 6 heteroatoms. The van der Waals surface area contributed by atoms with Gasteiger partial charge < -0.3 is 4.23 Å². The smallest absolute Gasteiger partial charge is 0.345 e. The first kappa shape index (κ1) is 23.7. The van der Waals surface area contributed by atoms with E-state index in [2.05, 4.69) is 0 Å². The number of hydrogen-bond donors (Lipinski definition) is 0. The minimum atomic E-state index is -5.26. The van der Waals surface area contributed by atoms with Crippen molar-refractivity contribution < 1.29 is 12.3 Å². The molecule has 0 amide bonds. The molecule has 1 nitrogen and oxygen atoms in total. The third kappa shape index (κ3) is 4.06. The van der Waals surface area contributed by atoms with E-state index >= 15 is 12.3 Å². The monoisotopic (exact) mass is 437 g/mol. The zero-order chi connectivity index (χ0) is 22.4. The highest BCUT2D eigenvalue weighted by Crippen LogP contribution is 2.51. The minimum absolute atomic E-state index is 0.370. The van der Waals surface area contributed by atoms with E-state index < -0.39 is 27.5 Å². The molecule has 0 bridgehead atoms. The van der Waals surface area contributed by atoms with Crippen LogP contribution in [0.5, 0.6) is 0 Å². The van der Waals surface area contributed by atoms with Crippen molar-refractivity contribution in [3.8, 4) is 0 Å². The van der Waals surface area contributed by atoms with Crippen molar-refractivity contribution in [3.63, 3.8) is 0 Å². The van der Waals surface area contributed by atoms with E-state index in [1.54, 1.807) is 51.1 Å². The lowest BCUT2D eigenvalue weighted by molar-refractivity contribution is 0.486. The molecule has 0 aliphatic carbocycles. The van der Waals surface area contributed by atoms with Gasteiger partial charge in [-0.2, -0.15) is 0 Å². The number of nitrogens with zero attached hydrogens (tertiary/aromatic N) is 1. The molecule has 29 heavy (non-hydrogen) atoms. The van der Waals surface area contributed by atoms with Crippen LogP contribution in [0.2, 0.25) is 10.1 Å². The van der Waals surface area contributed by atoms with Gasteiger partial charge in [0.2, 0.25) is 0 Å². The van der Waals surface area contributed by atoms with Gasteiger partial charge in [-0.1, -0.05) is 89.6 Å². The SMILES string of the molecule is Cc1cc(C)c(N([Si](F)(F)C(C)(C)C)[Si](F)(c2ccccc2)C(C)(C)C)c(C)c1. The topological polar surface area (TPSA) is 3.24 Å². The van der Waals surface area contributed by atoms with E-state index in [0.717, 1.165) is 9.79 Å². The molecule has 0 radical (unpaired) electrons. The summed E-state index contributed by atoms with van der Waals surface area (Å²) in [5, 5.41) is -1.88. The van der Waals surface area contributed by atoms with Gasteiger partial charge in [-0.15, -0.1) is 0 Å². The van der Waals surface area contributed by atoms with Crippen molar-refractivity contribution >= 4 is 28.3 Å². The van der Waals surface area contributed by atoms with Crippen LogP contribution >= 0.6 is 0 Å². The fourth-order valence-corrected chi connectivity index (χ4v) is 12.2. The van der Waals surface area contributed by atoms with E-state index in [4.69, 9.17) is 0 Å². The highest BCUT2D eigenvalue weighted by Gasteiger charge is 2.67. The molecule has 1 atom stereocenters. The van der Waals surface area contributed by atoms with Crippen LogP contribution in [0.25, 0.3) is 0 Å². The summed E-state index contributed by atoms with van der Waals surface area (Å²) in [7, 11) is -9.64. The Labute approximate surface area is 176 Å². The van der Waals surface area contributed by atoms with Crippen molar-refractivity contribution in [2.75, 3.05) is 4.23 Å². The quantitative estimate of drug-likeness (QED) is 0.361. The van der Waals surface area contributed by atoms with Gasteiger partial charge >= 0.3 is 17.5 Å². The van der Waals surface area contributed by atoms with E-state index in [0.29, 0.717) is 22.0 Å². The van der Waals surface area contributed by atoms with Crippen LogP contribution in [-0.2, 0) is 0 Å². The normalized spacial score (nSPS) is 15.2. The molecule has 2 aromatic rings. The third-order valence-electron chi connectivity index (χ3n) is 5.50. The number of hydrogen-bond acceptors (Lipinski definition) is 1. The maximum absolute atomic E-state index is 17.5. The molecule has 0 aromatic heterocycles. The van der Waals surface area contributed by atoms with Crippen LogP contribution in [0.15, 0.2) is 42.5 Å². The predicted octanol–water partition coefficient (Wildman–Crippen LogP) is 7.22. The highest BCUT2D eigenvalue weighted by molar-refractivity contribution is 7.03. The van der Waals surface area contributed by atoms with E-state index in [9.17, 15) is 0 Å². The Hall–Kier alpha value is -1.54. The molecule has 0 saturated heterocycles. The van der Waals surface area contributed by atoms with E-state index in [1.807, 2.05) is 32.9 Å². The Morgan fingerprint density at radius 2 is 1.17 bits per heavy atom. The lowest BCUT2D eigenvalue weighted by atomic mass is 10.1. The molecule has 0 saturated carbocycles. The zero-order valence-corrected chi connectivity index (χ0v) is 21.1. The summed E-state index contributed by atoms with van der Waals surface area (Å²) in [6.45, 7) is 15.4. The fourth-order valence-electron chi connectivity index (χ4n) is 3.91. The molecule has 2 aromatic carbocycles. The first-order valence-corrected chi connectivity index (χ1v) is 13.6. The standard InChI is InChI=1S/C23H34F3NSi2/c1-17-15-18(2)21(19(3)16-17)27(29(25,26)23(7,8)9)28(24,22(4,5)6)20-13-11-10-12-14-20/h10-16H,1-9H3. The zero-order valence-electron chi connectivity index (χ0n) is 19.1. The molecule has 160 valence electrons. The number of rotatable bonds is 4. The molecular weight excluding hydrogens is 403 g/mol. The first-order chi connectivity index (χ1) is 13.0. The van der Waals surface area contributed by atoms with Crippen LogP contribution in [0, 0.1) is 20.8 Å². The fraction of sp³-hybridized carbons (Fsp3) is 0.478. The summed E-state index contributed by atoms with van der Waals surface area (Å²) in [6.07, 6.45) is 0. The predicted molar refractivity (Wildman–Crippen MR) is 123 cm³/mol. The van der Waals surface area contributed by atoms with Gasteiger partial charge in [0.25, 0.3) is 0 Å². The van der Waals surface area contributed by atoms with Crippen LogP contribution in [0.4, 0.5) is 18.0 Å². The Morgan fingerprint density at radius 3 is 1.55 bits per heavy atom. The molecule has 0 fully saturated rings. The van der Waals surface area contributed by atoms with Gasteiger partial charge in [-0.25, -0.2) is 8.22 Å². The van der Waals surface area contributed by atoms with Crippen LogP contribution in [0.1, 0.15) is 58.2 Å². The number of anilines is 1. The largest absolute Gasteiger partial charge is 0.536 e. The Morgan fingerprint density at radius 1 is 0.724 bits per heavy atom. The van der Waals surface area contributed by atoms with Crippen molar-refractivity contribution in [2.24, 2.45) is 0 Å². The maximum Gasteiger partial charge on any atom is 0.536 e. The van der Waals surface area contributed by atoms with Crippen LogP contribution in [0.3, 0.4) is 0 Å². The van der Waals surface area contributed by atoms with Crippen molar-refractivity contribution in [1.82, 2.24) is 0 Å². The second-order valence-electron chi connectivity index (χ2n) is 10.1. The first-order valence-electron chi connectivity index (χ1n) is 10.1.